The van der Waals surface area contributed by atoms with Crippen molar-refractivity contribution in [3.8, 4) is 0 Å². The van der Waals surface area contributed by atoms with E-state index in [1.165, 1.54) is 254 Å². The molecule has 0 bridgehead atoms. The summed E-state index contributed by atoms with van der Waals surface area (Å²) in [6.45, 7) is 103. The van der Waals surface area contributed by atoms with Gasteiger partial charge in [0.1, 0.15) is 16.8 Å². The molecule has 0 fully saturated rings. The molecule has 0 amide bonds. The molecule has 0 heterocycles. The van der Waals surface area contributed by atoms with E-state index in [0.717, 1.165) is 57.8 Å². The number of hydrogen-bond donors (Lipinski definition) is 0. The quantitative estimate of drug-likeness (QED) is 0.0281. The lowest BCUT2D eigenvalue weighted by molar-refractivity contribution is -0.0642. The normalized spacial score (nSPS) is 14.8. The van der Waals surface area contributed by atoms with Crippen LogP contribution in [0.1, 0.15) is 603 Å². The predicted octanol–water partition coefficient (Wildman–Crippen LogP) is 41.5. The van der Waals surface area contributed by atoms with E-state index >= 15 is 0 Å². The number of unbranched alkanes of at least 4 members (excludes halogenated alkanes) is 27. The van der Waals surface area contributed by atoms with Crippen LogP contribution in [-0.4, -0.2) is 0 Å². The molecule has 4 heteroatoms. The van der Waals surface area contributed by atoms with Crippen molar-refractivity contribution in [3.63, 3.8) is 0 Å². The molecule has 3 atom stereocenters. The predicted molar refractivity (Wildman–Crippen MR) is 592 cm³/mol. The summed E-state index contributed by atoms with van der Waals surface area (Å²) in [5.74, 6) is -0.420. The topological polar surface area (TPSA) is 27.7 Å². The lowest BCUT2D eigenvalue weighted by atomic mass is 9.65. The molecule has 6 aromatic rings. The molecular weight excluding hydrogens is 1630 g/mol. The van der Waals surface area contributed by atoms with E-state index in [1.807, 2.05) is 0 Å². The maximum Gasteiger partial charge on any atom is 0.336 e. The molecule has 6 aromatic carbocycles. The first kappa shape index (κ1) is 117. The third-order valence-electron chi connectivity index (χ3n) is 30.3. The van der Waals surface area contributed by atoms with Crippen LogP contribution in [0.2, 0.25) is 0 Å². The van der Waals surface area contributed by atoms with E-state index in [0.29, 0.717) is 0 Å². The molecule has 0 aliphatic rings. The van der Waals surface area contributed by atoms with Crippen molar-refractivity contribution in [2.45, 2.75) is 584 Å². The highest BCUT2D eigenvalue weighted by Gasteiger charge is 2.58. The fraction of sp³-hybridized carbons (Fsp3) is 0.721. The highest BCUT2D eigenvalue weighted by atomic mass is 31.2. The molecule has 752 valence electrons. The second kappa shape index (κ2) is 48.4. The van der Waals surface area contributed by atoms with Gasteiger partial charge in [0, 0.05) is 0 Å². The molecule has 0 N–H and O–H groups in total. The third-order valence-corrected chi connectivity index (χ3v) is 31.6. The number of benzene rings is 6. The van der Waals surface area contributed by atoms with Crippen molar-refractivity contribution in [3.05, 3.63) is 209 Å². The first-order chi connectivity index (χ1) is 61.2. The summed E-state index contributed by atoms with van der Waals surface area (Å²) >= 11 is 0. The monoisotopic (exact) mass is 1840 g/mol. The Morgan fingerprint density at radius 1 is 0.173 bits per heavy atom. The van der Waals surface area contributed by atoms with Gasteiger partial charge < -0.3 is 0 Å². The Hall–Kier alpha value is -4.37. The zero-order valence-corrected chi connectivity index (χ0v) is 96.5. The summed E-state index contributed by atoms with van der Waals surface area (Å²) in [6.07, 6.45) is 40.6. The first-order valence-corrected chi connectivity index (χ1v) is 56.1. The zero-order valence-electron chi connectivity index (χ0n) is 95.6. The fourth-order valence-electron chi connectivity index (χ4n) is 21.2. The summed E-state index contributed by atoms with van der Waals surface area (Å²) in [7, 11) is -2.73. The molecular formula is C129H213O3P. The van der Waals surface area contributed by atoms with Gasteiger partial charge >= 0.3 is 8.60 Å². The molecule has 0 radical (unpaired) electrons. The summed E-state index contributed by atoms with van der Waals surface area (Å²) in [5, 5.41) is 0. The lowest BCUT2D eigenvalue weighted by Crippen LogP contribution is -2.47. The van der Waals surface area contributed by atoms with Crippen molar-refractivity contribution in [1.29, 1.82) is 0 Å². The van der Waals surface area contributed by atoms with Gasteiger partial charge in [-0.05, 0) is 202 Å². The van der Waals surface area contributed by atoms with Gasteiger partial charge in [-0.25, -0.2) is 0 Å². The van der Waals surface area contributed by atoms with Crippen LogP contribution in [0.5, 0.6) is 0 Å². The largest absolute Gasteiger partial charge is 0.336 e. The smallest absolute Gasteiger partial charge is 0.295 e. The van der Waals surface area contributed by atoms with Crippen LogP contribution >= 0.6 is 8.60 Å². The number of hydrogen-bond acceptors (Lipinski definition) is 3. The maximum atomic E-state index is 10.1. The van der Waals surface area contributed by atoms with E-state index in [4.69, 9.17) is 0 Å². The second-order valence-electron chi connectivity index (χ2n) is 54.9. The second-order valence-corrected chi connectivity index (χ2v) is 55.9. The van der Waals surface area contributed by atoms with Gasteiger partial charge in [-0.3, -0.25) is 13.6 Å². The van der Waals surface area contributed by atoms with E-state index in [9.17, 15) is 13.6 Å². The van der Waals surface area contributed by atoms with Crippen molar-refractivity contribution < 1.29 is 13.6 Å². The standard InChI is InChI=1S/C129H213O3P/c1-43-46-49-52-55-58-61-64-67-70-73-94(4)127(103-82-76-97(115(7,8)9)88-109(103)121(25,26)27,104-83-77-98(116(10,11)12)89-110(104)122(28,29)30)130-133(131-128(95(5)74-71-68-65-62-59-56-53-50-47-44-2,105-84-78-99(117(13,14)15)90-111(105)123(31,32)33)106-85-79-100(118(16,17)18)91-112(106)124(34,35)36)132-129(96(6)75-72-69-66-63-60-57-54-51-48-45-3,107-86-80-101(119(19,20)21)92-113(107)125(37,38)39)108-87-81-102(120(22,23)24)93-114(108)126(40,41)42/h76-96H,43-75H2,1-42H3. The van der Waals surface area contributed by atoms with Crippen LogP contribution in [0.15, 0.2) is 109 Å². The minimum Gasteiger partial charge on any atom is -0.295 e. The van der Waals surface area contributed by atoms with E-state index in [2.05, 4.69) is 400 Å². The SMILES string of the molecule is CCCCCCCCCCCCC(C)C(OP(OC(c1ccc(C(C)(C)C)cc1C(C)(C)C)(c1ccc(C(C)(C)C)cc1C(C)(C)C)C(C)CCCCCCCCCCCC)OC(c1ccc(C(C)(C)C)cc1C(C)(C)C)(c1ccc(C(C)(C)C)cc1C(C)(C)C)C(C)CCCCCCCCCCCC)(c1ccc(C(C)(C)C)cc1C(C)(C)C)c1ccc(C(C)(C)C)cc1C(C)(C)C. The molecule has 0 saturated heterocycles. The third kappa shape index (κ3) is 32.1. The van der Waals surface area contributed by atoms with Crippen LogP contribution in [0.4, 0.5) is 0 Å². The van der Waals surface area contributed by atoms with Crippen molar-refractivity contribution in [2.24, 2.45) is 17.8 Å². The van der Waals surface area contributed by atoms with Crippen LogP contribution in [0.3, 0.4) is 0 Å². The Balaban J connectivity index is 2.18. The highest BCUT2D eigenvalue weighted by Crippen LogP contribution is 2.68. The Morgan fingerprint density at radius 2 is 0.301 bits per heavy atom. The van der Waals surface area contributed by atoms with Crippen LogP contribution < -0.4 is 0 Å². The summed E-state index contributed by atoms with van der Waals surface area (Å²) in [6, 6.07) is 46.6. The Bertz CT molecular complexity index is 3800. The summed E-state index contributed by atoms with van der Waals surface area (Å²) < 4.78 is 30.2. The van der Waals surface area contributed by atoms with Gasteiger partial charge in [0.15, 0.2) is 0 Å². The van der Waals surface area contributed by atoms with Gasteiger partial charge in [-0.2, -0.15) is 0 Å². The molecule has 0 saturated carbocycles. The van der Waals surface area contributed by atoms with Gasteiger partial charge in [0.05, 0.1) is 0 Å². The average molecular weight is 1840 g/mol. The lowest BCUT2D eigenvalue weighted by Gasteiger charge is -2.52. The Labute approximate surface area is 828 Å². The van der Waals surface area contributed by atoms with Crippen molar-refractivity contribution >= 4 is 8.60 Å². The minimum atomic E-state index is -2.73. The van der Waals surface area contributed by atoms with E-state index in [-0.39, 0.29) is 82.7 Å². The molecule has 0 aliphatic carbocycles. The Morgan fingerprint density at radius 3 is 0.421 bits per heavy atom. The maximum absolute atomic E-state index is 10.1. The van der Waals surface area contributed by atoms with Crippen LogP contribution in [-0.2, 0) is 95.4 Å². The summed E-state index contributed by atoms with van der Waals surface area (Å²) in [4.78, 5) is 0. The van der Waals surface area contributed by atoms with Gasteiger partial charge in [-0.1, -0.05) is 593 Å². The zero-order chi connectivity index (χ0) is 100. The molecule has 0 aliphatic heterocycles. The van der Waals surface area contributed by atoms with Crippen molar-refractivity contribution in [1.82, 2.24) is 0 Å². The summed E-state index contributed by atoms with van der Waals surface area (Å²) in [5.41, 5.74) is 16.2. The Kier molecular flexibility index (Phi) is 42.7. The van der Waals surface area contributed by atoms with Gasteiger partial charge in [0.2, 0.25) is 0 Å². The minimum absolute atomic E-state index is 0.140. The highest BCUT2D eigenvalue weighted by molar-refractivity contribution is 7.41. The van der Waals surface area contributed by atoms with E-state index in [1.54, 1.807) is 0 Å². The molecule has 0 aromatic heterocycles. The molecule has 3 nitrogen and oxygen atoms in total. The fourth-order valence-corrected chi connectivity index (χ4v) is 23.1. The van der Waals surface area contributed by atoms with Crippen LogP contribution in [0.25, 0.3) is 0 Å². The first-order valence-electron chi connectivity index (χ1n) is 55.0. The van der Waals surface area contributed by atoms with Gasteiger partial charge in [-0.15, -0.1) is 0 Å². The molecule has 3 unspecified atom stereocenters. The molecule has 6 rings (SSSR count). The van der Waals surface area contributed by atoms with E-state index < -0.39 is 25.4 Å². The van der Waals surface area contributed by atoms with Crippen molar-refractivity contribution in [2.75, 3.05) is 0 Å². The number of rotatable bonds is 48. The van der Waals surface area contributed by atoms with Crippen LogP contribution in [0, 0.1) is 17.8 Å². The molecule has 0 spiro atoms. The average Bonchev–Trinajstić information content (AvgIpc) is 0.705. The molecule has 133 heavy (non-hydrogen) atoms. The van der Waals surface area contributed by atoms with Gasteiger partial charge in [0.25, 0.3) is 0 Å².